The van der Waals surface area contributed by atoms with Crippen molar-refractivity contribution < 1.29 is 9.84 Å². The number of hydrogen-bond donors (Lipinski definition) is 1. The third-order valence-corrected chi connectivity index (χ3v) is 5.92. The summed E-state index contributed by atoms with van der Waals surface area (Å²) >= 11 is 0. The van der Waals surface area contributed by atoms with Crippen LogP contribution in [0.25, 0.3) is 22.2 Å². The molecule has 1 aromatic heterocycles. The summed E-state index contributed by atoms with van der Waals surface area (Å²) in [5.41, 5.74) is 3.71. The number of fused-ring (bicyclic) bond motifs is 1. The normalized spacial score (nSPS) is 11.3. The molecule has 1 N–H and O–H groups in total. The van der Waals surface area contributed by atoms with Crippen molar-refractivity contribution >= 4 is 10.9 Å². The highest BCUT2D eigenvalue weighted by Gasteiger charge is 2.07. The van der Waals surface area contributed by atoms with Gasteiger partial charge < -0.3 is 14.4 Å². The third kappa shape index (κ3) is 6.63. The van der Waals surface area contributed by atoms with Gasteiger partial charge in [-0.25, -0.2) is 0 Å². The van der Waals surface area contributed by atoms with Crippen LogP contribution in [0.15, 0.2) is 54.6 Å². The van der Waals surface area contributed by atoms with Crippen LogP contribution >= 0.6 is 0 Å². The molecular weight excluding hydrogens is 370 g/mol. The molecule has 0 atom stereocenters. The van der Waals surface area contributed by atoms with Gasteiger partial charge in [-0.05, 0) is 54.8 Å². The second-order valence-corrected chi connectivity index (χ2v) is 8.28. The van der Waals surface area contributed by atoms with E-state index in [1.807, 2.05) is 0 Å². The van der Waals surface area contributed by atoms with Crippen molar-refractivity contribution in [3.63, 3.8) is 0 Å². The Balaban J connectivity index is 1.31. The van der Waals surface area contributed by atoms with E-state index in [0.717, 1.165) is 25.2 Å². The van der Waals surface area contributed by atoms with Crippen LogP contribution in [0, 0.1) is 0 Å². The first-order valence-electron chi connectivity index (χ1n) is 11.7. The summed E-state index contributed by atoms with van der Waals surface area (Å²) in [5, 5.41) is 10.0. The van der Waals surface area contributed by atoms with Crippen LogP contribution in [0.4, 0.5) is 0 Å². The maximum atomic E-state index is 8.77. The molecule has 0 radical (unpaired) electrons. The first kappa shape index (κ1) is 22.4. The minimum Gasteiger partial charge on any atom is -0.494 e. The largest absolute Gasteiger partial charge is 0.494 e. The van der Waals surface area contributed by atoms with E-state index in [-0.39, 0.29) is 0 Å². The lowest BCUT2D eigenvalue weighted by Crippen LogP contribution is -1.97. The molecule has 0 unspecified atom stereocenters. The summed E-state index contributed by atoms with van der Waals surface area (Å²) in [6.45, 7) is 1.14. The number of unbranched alkanes of at least 4 members (excludes halogenated alkanes) is 9. The quantitative estimate of drug-likeness (QED) is 0.289. The van der Waals surface area contributed by atoms with Gasteiger partial charge in [-0.1, -0.05) is 69.6 Å². The molecule has 3 rings (SSSR count). The Morgan fingerprint density at radius 2 is 1.33 bits per heavy atom. The van der Waals surface area contributed by atoms with Gasteiger partial charge in [0.2, 0.25) is 0 Å². The fourth-order valence-electron chi connectivity index (χ4n) is 4.11. The molecule has 1 heterocycles. The second kappa shape index (κ2) is 12.4. The Hall–Kier alpha value is -2.26. The second-order valence-electron chi connectivity index (χ2n) is 8.28. The summed E-state index contributed by atoms with van der Waals surface area (Å²) < 4.78 is 8.19. The van der Waals surface area contributed by atoms with E-state index in [9.17, 15) is 0 Å². The van der Waals surface area contributed by atoms with Gasteiger partial charge in [0.15, 0.2) is 0 Å². The van der Waals surface area contributed by atoms with E-state index in [2.05, 4.69) is 66.2 Å². The zero-order valence-electron chi connectivity index (χ0n) is 18.5. The number of rotatable bonds is 14. The van der Waals surface area contributed by atoms with Gasteiger partial charge in [0.05, 0.1) is 6.61 Å². The lowest BCUT2D eigenvalue weighted by molar-refractivity contribution is 0.282. The predicted molar refractivity (Wildman–Crippen MR) is 127 cm³/mol. The molecule has 0 saturated heterocycles. The molecule has 0 amide bonds. The Kier molecular flexibility index (Phi) is 9.30. The molecule has 0 bridgehead atoms. The molecule has 0 aliphatic heterocycles. The van der Waals surface area contributed by atoms with Crippen LogP contribution in [-0.4, -0.2) is 22.9 Å². The molecule has 3 nitrogen and oxygen atoms in total. The van der Waals surface area contributed by atoms with Crippen LogP contribution in [-0.2, 0) is 7.05 Å². The molecule has 30 heavy (non-hydrogen) atoms. The minimum absolute atomic E-state index is 0.344. The summed E-state index contributed by atoms with van der Waals surface area (Å²) in [6, 6.07) is 19.2. The van der Waals surface area contributed by atoms with Crippen molar-refractivity contribution in [1.29, 1.82) is 0 Å². The number of aromatic nitrogens is 1. The van der Waals surface area contributed by atoms with Gasteiger partial charge in [0.25, 0.3) is 0 Å². The number of hydrogen-bond acceptors (Lipinski definition) is 2. The Labute approximate surface area is 181 Å². The van der Waals surface area contributed by atoms with Crippen LogP contribution in [0.3, 0.4) is 0 Å². The van der Waals surface area contributed by atoms with Gasteiger partial charge in [-0.15, -0.1) is 0 Å². The van der Waals surface area contributed by atoms with Crippen molar-refractivity contribution in [2.24, 2.45) is 7.05 Å². The van der Waals surface area contributed by atoms with E-state index < -0.39 is 0 Å². The lowest BCUT2D eigenvalue weighted by Gasteiger charge is -2.08. The van der Waals surface area contributed by atoms with E-state index in [0.29, 0.717) is 6.61 Å². The van der Waals surface area contributed by atoms with E-state index in [1.165, 1.54) is 73.5 Å². The fraction of sp³-hybridized carbons (Fsp3) is 0.481. The number of para-hydroxylation sites is 1. The highest BCUT2D eigenvalue weighted by Crippen LogP contribution is 2.28. The highest BCUT2D eigenvalue weighted by molar-refractivity contribution is 5.86. The molecule has 2 aromatic carbocycles. The monoisotopic (exact) mass is 407 g/mol. The molecule has 0 aliphatic carbocycles. The zero-order valence-corrected chi connectivity index (χ0v) is 18.5. The van der Waals surface area contributed by atoms with Gasteiger partial charge in [0.1, 0.15) is 5.75 Å². The van der Waals surface area contributed by atoms with E-state index >= 15 is 0 Å². The third-order valence-electron chi connectivity index (χ3n) is 5.92. The molecule has 0 aliphatic rings. The first-order chi connectivity index (χ1) is 14.8. The van der Waals surface area contributed by atoms with Crippen molar-refractivity contribution in [3.05, 3.63) is 54.6 Å². The molecule has 3 aromatic rings. The number of aliphatic hydroxyl groups is 1. The molecule has 0 fully saturated rings. The number of benzene rings is 2. The summed E-state index contributed by atoms with van der Waals surface area (Å²) in [5.74, 6) is 0.959. The highest BCUT2D eigenvalue weighted by atomic mass is 16.5. The Morgan fingerprint density at radius 3 is 1.97 bits per heavy atom. The molecule has 0 saturated carbocycles. The average molecular weight is 408 g/mol. The Bertz CT molecular complexity index is 866. The number of ether oxygens (including phenoxy) is 1. The van der Waals surface area contributed by atoms with Crippen molar-refractivity contribution in [2.75, 3.05) is 13.2 Å². The Morgan fingerprint density at radius 1 is 0.733 bits per heavy atom. The van der Waals surface area contributed by atoms with E-state index in [1.54, 1.807) is 0 Å². The maximum Gasteiger partial charge on any atom is 0.119 e. The van der Waals surface area contributed by atoms with Crippen LogP contribution in [0.5, 0.6) is 5.75 Å². The summed E-state index contributed by atoms with van der Waals surface area (Å²) in [4.78, 5) is 0. The first-order valence-corrected chi connectivity index (χ1v) is 11.7. The zero-order chi connectivity index (χ0) is 21.0. The van der Waals surface area contributed by atoms with E-state index in [4.69, 9.17) is 9.84 Å². The molecule has 3 heteroatoms. The SMILES string of the molecule is Cn1c(-c2ccc(OCCCCCCCCCCCCO)cc2)cc2ccccc21. The molecule has 162 valence electrons. The van der Waals surface area contributed by atoms with Crippen molar-refractivity contribution in [1.82, 2.24) is 4.57 Å². The smallest absolute Gasteiger partial charge is 0.119 e. The molecular formula is C27H37NO2. The van der Waals surface area contributed by atoms with Crippen molar-refractivity contribution in [3.8, 4) is 17.0 Å². The van der Waals surface area contributed by atoms with Gasteiger partial charge >= 0.3 is 0 Å². The summed E-state index contributed by atoms with van der Waals surface area (Å²) in [6.07, 6.45) is 12.4. The van der Waals surface area contributed by atoms with Gasteiger partial charge in [0, 0.05) is 30.3 Å². The molecule has 0 spiro atoms. The number of aliphatic hydroxyl groups excluding tert-OH is 1. The minimum atomic E-state index is 0.344. The average Bonchev–Trinajstić information content (AvgIpc) is 3.12. The van der Waals surface area contributed by atoms with Crippen molar-refractivity contribution in [2.45, 2.75) is 64.2 Å². The standard InChI is InChI=1S/C27H37NO2/c1-28-26-15-11-10-14-24(26)22-27(28)23-16-18-25(19-17-23)30-21-13-9-7-5-3-2-4-6-8-12-20-29/h10-11,14-19,22,29H,2-9,12-13,20-21H2,1H3. The summed E-state index contributed by atoms with van der Waals surface area (Å²) in [7, 11) is 2.12. The maximum absolute atomic E-state index is 8.77. The topological polar surface area (TPSA) is 34.4 Å². The van der Waals surface area contributed by atoms with Crippen LogP contribution < -0.4 is 4.74 Å². The van der Waals surface area contributed by atoms with Gasteiger partial charge in [-0.2, -0.15) is 0 Å². The fourth-order valence-corrected chi connectivity index (χ4v) is 4.11. The number of nitrogens with zero attached hydrogens (tertiary/aromatic N) is 1. The van der Waals surface area contributed by atoms with Crippen LogP contribution in [0.2, 0.25) is 0 Å². The van der Waals surface area contributed by atoms with Crippen LogP contribution in [0.1, 0.15) is 64.2 Å². The number of aryl methyl sites for hydroxylation is 1. The van der Waals surface area contributed by atoms with Gasteiger partial charge in [-0.3, -0.25) is 0 Å². The predicted octanol–water partition coefficient (Wildman–Crippen LogP) is 7.12. The lowest BCUT2D eigenvalue weighted by atomic mass is 10.1.